The summed E-state index contributed by atoms with van der Waals surface area (Å²) in [5, 5.41) is 2.94. The molecule has 0 saturated carbocycles. The Morgan fingerprint density at radius 2 is 1.57 bits per heavy atom. The minimum atomic E-state index is -0.0253. The molecule has 1 aliphatic rings. The van der Waals surface area contributed by atoms with Crippen LogP contribution in [0.15, 0.2) is 42.5 Å². The maximum Gasteiger partial charge on any atom is 0.238 e. The number of aryl methyl sites for hydroxylation is 1. The Morgan fingerprint density at radius 3 is 2.18 bits per heavy atom. The van der Waals surface area contributed by atoms with Crippen molar-refractivity contribution in [3.05, 3.63) is 53.6 Å². The summed E-state index contributed by atoms with van der Waals surface area (Å²) in [6, 6.07) is 13.9. The van der Waals surface area contributed by atoms with Crippen LogP contribution in [0.4, 0.5) is 5.69 Å². The number of benzene rings is 2. The summed E-state index contributed by atoms with van der Waals surface area (Å²) in [5.74, 6) is 1.28. The number of nitrogens with one attached hydrogen (secondary N) is 1. The van der Waals surface area contributed by atoms with Gasteiger partial charge >= 0.3 is 0 Å². The van der Waals surface area contributed by atoms with Crippen molar-refractivity contribution in [3.63, 3.8) is 0 Å². The highest BCUT2D eigenvalue weighted by Crippen LogP contribution is 2.25. The molecular formula is C22H29N3O3. The molecule has 0 spiro atoms. The Balaban J connectivity index is 1.48. The zero-order chi connectivity index (χ0) is 19.9. The number of carbonyl (C=O) groups is 1. The lowest BCUT2D eigenvalue weighted by molar-refractivity contribution is -0.117. The molecule has 1 saturated heterocycles. The number of hydrogen-bond acceptors (Lipinski definition) is 5. The summed E-state index contributed by atoms with van der Waals surface area (Å²) in [5.41, 5.74) is 3.39. The van der Waals surface area contributed by atoms with Crippen LogP contribution in [0.2, 0.25) is 0 Å². The monoisotopic (exact) mass is 383 g/mol. The van der Waals surface area contributed by atoms with E-state index in [1.165, 1.54) is 11.1 Å². The van der Waals surface area contributed by atoms with Crippen molar-refractivity contribution in [1.29, 1.82) is 0 Å². The van der Waals surface area contributed by atoms with Gasteiger partial charge in [0.25, 0.3) is 0 Å². The van der Waals surface area contributed by atoms with E-state index in [0.29, 0.717) is 23.7 Å². The van der Waals surface area contributed by atoms with E-state index in [2.05, 4.69) is 46.3 Å². The smallest absolute Gasteiger partial charge is 0.238 e. The van der Waals surface area contributed by atoms with Crippen LogP contribution in [0.1, 0.15) is 11.1 Å². The van der Waals surface area contributed by atoms with Gasteiger partial charge in [-0.15, -0.1) is 0 Å². The van der Waals surface area contributed by atoms with Crippen molar-refractivity contribution >= 4 is 11.6 Å². The third-order valence-corrected chi connectivity index (χ3v) is 5.12. The maximum atomic E-state index is 12.4. The first-order valence-electron chi connectivity index (χ1n) is 9.59. The van der Waals surface area contributed by atoms with E-state index in [0.717, 1.165) is 32.7 Å². The Hall–Kier alpha value is -2.57. The predicted molar refractivity (Wildman–Crippen MR) is 111 cm³/mol. The van der Waals surface area contributed by atoms with Crippen LogP contribution in [0.25, 0.3) is 0 Å². The van der Waals surface area contributed by atoms with Gasteiger partial charge in [-0.05, 0) is 18.1 Å². The molecule has 1 fully saturated rings. The maximum absolute atomic E-state index is 12.4. The van der Waals surface area contributed by atoms with Gasteiger partial charge in [0.15, 0.2) is 0 Å². The molecule has 28 heavy (non-hydrogen) atoms. The van der Waals surface area contributed by atoms with Gasteiger partial charge in [-0.3, -0.25) is 14.6 Å². The van der Waals surface area contributed by atoms with Crippen LogP contribution < -0.4 is 14.8 Å². The molecule has 1 amide bonds. The predicted octanol–water partition coefficient (Wildman–Crippen LogP) is 2.77. The standard InChI is InChI=1S/C22H29N3O3/c1-17-6-4-5-7-18(17)15-24-8-10-25(11-9-24)16-22(26)23-19-12-20(27-2)14-21(13-19)28-3/h4-7,12-14H,8-11,15-16H2,1-3H3,(H,23,26). The number of ether oxygens (including phenoxy) is 2. The van der Waals surface area contributed by atoms with Gasteiger partial charge in [0.1, 0.15) is 11.5 Å². The lowest BCUT2D eigenvalue weighted by Crippen LogP contribution is -2.48. The van der Waals surface area contributed by atoms with Crippen molar-refractivity contribution in [1.82, 2.24) is 9.80 Å². The SMILES string of the molecule is COc1cc(NC(=O)CN2CCN(Cc3ccccc3C)CC2)cc(OC)c1. The van der Waals surface area contributed by atoms with Crippen molar-refractivity contribution in [2.75, 3.05) is 52.3 Å². The van der Waals surface area contributed by atoms with Crippen LogP contribution in [0.3, 0.4) is 0 Å². The van der Waals surface area contributed by atoms with E-state index in [-0.39, 0.29) is 5.91 Å². The van der Waals surface area contributed by atoms with Gasteiger partial charge in [0.05, 0.1) is 20.8 Å². The van der Waals surface area contributed by atoms with Crippen molar-refractivity contribution in [2.45, 2.75) is 13.5 Å². The molecule has 0 atom stereocenters. The van der Waals surface area contributed by atoms with E-state index in [4.69, 9.17) is 9.47 Å². The molecule has 3 rings (SSSR count). The third-order valence-electron chi connectivity index (χ3n) is 5.12. The number of piperazine rings is 1. The molecule has 0 radical (unpaired) electrons. The molecular weight excluding hydrogens is 354 g/mol. The zero-order valence-corrected chi connectivity index (χ0v) is 16.9. The molecule has 2 aromatic carbocycles. The van der Waals surface area contributed by atoms with Crippen LogP contribution >= 0.6 is 0 Å². The summed E-state index contributed by atoms with van der Waals surface area (Å²) in [6.07, 6.45) is 0. The fourth-order valence-corrected chi connectivity index (χ4v) is 3.42. The highest BCUT2D eigenvalue weighted by molar-refractivity contribution is 5.92. The Morgan fingerprint density at radius 1 is 0.964 bits per heavy atom. The molecule has 0 unspecified atom stereocenters. The Labute approximate surface area is 167 Å². The second-order valence-electron chi connectivity index (χ2n) is 7.13. The Bertz CT molecular complexity index is 779. The topological polar surface area (TPSA) is 54.0 Å². The average molecular weight is 383 g/mol. The van der Waals surface area contributed by atoms with E-state index < -0.39 is 0 Å². The van der Waals surface area contributed by atoms with Gasteiger partial charge in [0, 0.05) is 56.6 Å². The molecule has 2 aromatic rings. The minimum absolute atomic E-state index is 0.0253. The molecule has 0 aliphatic carbocycles. The molecule has 0 bridgehead atoms. The number of rotatable bonds is 7. The largest absolute Gasteiger partial charge is 0.497 e. The molecule has 150 valence electrons. The zero-order valence-electron chi connectivity index (χ0n) is 16.9. The van der Waals surface area contributed by atoms with Crippen molar-refractivity contribution < 1.29 is 14.3 Å². The van der Waals surface area contributed by atoms with E-state index in [9.17, 15) is 4.79 Å². The van der Waals surface area contributed by atoms with E-state index >= 15 is 0 Å². The van der Waals surface area contributed by atoms with Crippen molar-refractivity contribution in [2.24, 2.45) is 0 Å². The Kier molecular flexibility index (Phi) is 6.90. The minimum Gasteiger partial charge on any atom is -0.497 e. The number of methoxy groups -OCH3 is 2. The summed E-state index contributed by atoms with van der Waals surface area (Å²) in [7, 11) is 3.19. The number of anilines is 1. The van der Waals surface area contributed by atoms with E-state index in [1.54, 1.807) is 32.4 Å². The van der Waals surface area contributed by atoms with Crippen LogP contribution in [0.5, 0.6) is 11.5 Å². The molecule has 1 aliphatic heterocycles. The average Bonchev–Trinajstić information content (AvgIpc) is 2.70. The number of carbonyl (C=O) groups excluding carboxylic acids is 1. The van der Waals surface area contributed by atoms with Crippen LogP contribution in [-0.2, 0) is 11.3 Å². The van der Waals surface area contributed by atoms with Crippen molar-refractivity contribution in [3.8, 4) is 11.5 Å². The first kappa shape index (κ1) is 20.2. The third kappa shape index (κ3) is 5.47. The number of nitrogens with zero attached hydrogens (tertiary/aromatic N) is 2. The highest BCUT2D eigenvalue weighted by atomic mass is 16.5. The molecule has 1 N–H and O–H groups in total. The summed E-state index contributed by atoms with van der Waals surface area (Å²) >= 11 is 0. The van der Waals surface area contributed by atoms with Gasteiger partial charge in [-0.1, -0.05) is 24.3 Å². The molecule has 6 heteroatoms. The lowest BCUT2D eigenvalue weighted by atomic mass is 10.1. The summed E-state index contributed by atoms with van der Waals surface area (Å²) in [6.45, 7) is 7.22. The van der Waals surface area contributed by atoms with E-state index in [1.807, 2.05) is 0 Å². The first-order valence-corrected chi connectivity index (χ1v) is 9.59. The summed E-state index contributed by atoms with van der Waals surface area (Å²) < 4.78 is 10.5. The molecule has 1 heterocycles. The second kappa shape index (κ2) is 9.57. The second-order valence-corrected chi connectivity index (χ2v) is 7.13. The fraction of sp³-hybridized carbons (Fsp3) is 0.409. The van der Waals surface area contributed by atoms with Gasteiger partial charge in [0.2, 0.25) is 5.91 Å². The molecule has 6 nitrogen and oxygen atoms in total. The summed E-state index contributed by atoms with van der Waals surface area (Å²) in [4.78, 5) is 17.1. The normalized spacial score (nSPS) is 15.2. The van der Waals surface area contributed by atoms with Crippen LogP contribution in [-0.4, -0.2) is 62.7 Å². The number of amides is 1. The lowest BCUT2D eigenvalue weighted by Gasteiger charge is -2.34. The number of hydrogen-bond donors (Lipinski definition) is 1. The van der Waals surface area contributed by atoms with Crippen LogP contribution in [0, 0.1) is 6.92 Å². The van der Waals surface area contributed by atoms with Gasteiger partial charge in [-0.2, -0.15) is 0 Å². The first-order chi connectivity index (χ1) is 13.6. The fourth-order valence-electron chi connectivity index (χ4n) is 3.42. The quantitative estimate of drug-likeness (QED) is 0.797. The van der Waals surface area contributed by atoms with Gasteiger partial charge < -0.3 is 14.8 Å². The molecule has 0 aromatic heterocycles. The van der Waals surface area contributed by atoms with Gasteiger partial charge in [-0.25, -0.2) is 0 Å². The highest BCUT2D eigenvalue weighted by Gasteiger charge is 2.19.